The maximum absolute atomic E-state index is 9.97. The molecule has 0 aliphatic carbocycles. The Morgan fingerprint density at radius 3 is 2.50 bits per heavy atom. The largest absolute Gasteiger partial charge is 0.389 e. The fourth-order valence-corrected chi connectivity index (χ4v) is 2.48. The summed E-state index contributed by atoms with van der Waals surface area (Å²) in [5, 5.41) is 9.97. The van der Waals surface area contributed by atoms with Crippen LogP contribution in [0.25, 0.3) is 0 Å². The van der Waals surface area contributed by atoms with Gasteiger partial charge >= 0.3 is 0 Å². The fraction of sp³-hybridized carbons (Fsp3) is 0.600. The highest BCUT2D eigenvalue weighted by Crippen LogP contribution is 2.29. The van der Waals surface area contributed by atoms with Gasteiger partial charge in [-0.2, -0.15) is 0 Å². The van der Waals surface area contributed by atoms with Crippen LogP contribution in [0.2, 0.25) is 0 Å². The van der Waals surface area contributed by atoms with Crippen LogP contribution in [0, 0.1) is 0 Å². The molecule has 1 atom stereocenters. The van der Waals surface area contributed by atoms with Gasteiger partial charge in [0.25, 0.3) is 0 Å². The number of aliphatic hydroxyl groups is 1. The van der Waals surface area contributed by atoms with Gasteiger partial charge in [0.1, 0.15) is 0 Å². The van der Waals surface area contributed by atoms with Gasteiger partial charge in [-0.15, -0.1) is 0 Å². The van der Waals surface area contributed by atoms with Crippen LogP contribution in [0.1, 0.15) is 25.0 Å². The molecule has 1 aromatic carbocycles. The molecule has 1 rings (SSSR count). The van der Waals surface area contributed by atoms with Gasteiger partial charge in [0, 0.05) is 49.6 Å². The minimum absolute atomic E-state index is 0.505. The Balaban J connectivity index is 2.92. The van der Waals surface area contributed by atoms with Crippen LogP contribution in [0.5, 0.6) is 0 Å². The summed E-state index contributed by atoms with van der Waals surface area (Å²) in [5.41, 5.74) is 1.98. The lowest BCUT2D eigenvalue weighted by Crippen LogP contribution is -2.30. The van der Waals surface area contributed by atoms with E-state index in [0.717, 1.165) is 41.8 Å². The van der Waals surface area contributed by atoms with Crippen molar-refractivity contribution in [1.82, 2.24) is 0 Å². The third-order valence-electron chi connectivity index (χ3n) is 3.12. The number of hydrogen-bond acceptors (Lipinski definition) is 4. The van der Waals surface area contributed by atoms with Crippen molar-refractivity contribution >= 4 is 21.6 Å². The maximum atomic E-state index is 9.97. The third kappa shape index (κ3) is 5.40. The molecule has 4 nitrogen and oxygen atoms in total. The van der Waals surface area contributed by atoms with Crippen molar-refractivity contribution < 1.29 is 14.6 Å². The zero-order valence-electron chi connectivity index (χ0n) is 12.4. The van der Waals surface area contributed by atoms with E-state index in [1.165, 1.54) is 0 Å². The molecule has 20 heavy (non-hydrogen) atoms. The molecule has 0 radical (unpaired) electrons. The zero-order valence-corrected chi connectivity index (χ0v) is 14.0. The summed E-state index contributed by atoms with van der Waals surface area (Å²) in [6.07, 6.45) is 0.435. The van der Waals surface area contributed by atoms with Crippen molar-refractivity contribution in [2.24, 2.45) is 0 Å². The van der Waals surface area contributed by atoms with Crippen molar-refractivity contribution in [3.63, 3.8) is 0 Å². The lowest BCUT2D eigenvalue weighted by Gasteiger charge is -2.28. The number of ether oxygens (including phenoxy) is 2. The molecule has 0 heterocycles. The highest BCUT2D eigenvalue weighted by molar-refractivity contribution is 9.10. The van der Waals surface area contributed by atoms with E-state index in [-0.39, 0.29) is 0 Å². The van der Waals surface area contributed by atoms with Crippen LogP contribution < -0.4 is 4.90 Å². The number of methoxy groups -OCH3 is 2. The van der Waals surface area contributed by atoms with E-state index in [9.17, 15) is 5.11 Å². The topological polar surface area (TPSA) is 41.9 Å². The van der Waals surface area contributed by atoms with Crippen LogP contribution in [0.15, 0.2) is 22.7 Å². The molecule has 0 saturated carbocycles. The predicted octanol–water partition coefficient (Wildman–Crippen LogP) is 2.99. The highest BCUT2D eigenvalue weighted by atomic mass is 79.9. The summed E-state index contributed by atoms with van der Waals surface area (Å²) in [6.45, 7) is 4.83. The summed E-state index contributed by atoms with van der Waals surface area (Å²) in [6, 6.07) is 6.00. The summed E-state index contributed by atoms with van der Waals surface area (Å²) >= 11 is 3.46. The zero-order chi connectivity index (χ0) is 15.0. The van der Waals surface area contributed by atoms with Crippen molar-refractivity contribution in [2.45, 2.75) is 19.4 Å². The molecule has 0 aliphatic heterocycles. The Labute approximate surface area is 129 Å². The number of benzene rings is 1. The smallest absolute Gasteiger partial charge is 0.0782 e. The molecule has 1 unspecified atom stereocenters. The number of anilines is 1. The van der Waals surface area contributed by atoms with E-state index in [1.807, 2.05) is 18.2 Å². The van der Waals surface area contributed by atoms with Crippen molar-refractivity contribution in [3.05, 3.63) is 28.2 Å². The van der Waals surface area contributed by atoms with E-state index in [2.05, 4.69) is 20.8 Å². The third-order valence-corrected chi connectivity index (χ3v) is 3.62. The number of nitrogens with zero attached hydrogens (tertiary/aromatic N) is 1. The van der Waals surface area contributed by atoms with E-state index in [0.29, 0.717) is 6.61 Å². The van der Waals surface area contributed by atoms with Crippen LogP contribution in [0.4, 0.5) is 5.69 Å². The summed E-state index contributed by atoms with van der Waals surface area (Å²) in [5.74, 6) is 0. The summed E-state index contributed by atoms with van der Waals surface area (Å²) < 4.78 is 11.3. The number of aliphatic hydroxyl groups excluding tert-OH is 1. The SMILES string of the molecule is COCCCN(CCOC)c1ccc(Br)cc1C(C)O. The average molecular weight is 346 g/mol. The van der Waals surface area contributed by atoms with Gasteiger partial charge in [0.2, 0.25) is 0 Å². The molecular formula is C15H24BrNO3. The normalized spacial score (nSPS) is 12.4. The van der Waals surface area contributed by atoms with Crippen LogP contribution in [-0.2, 0) is 9.47 Å². The lowest BCUT2D eigenvalue weighted by atomic mass is 10.1. The minimum atomic E-state index is -0.505. The molecule has 0 spiro atoms. The van der Waals surface area contributed by atoms with Crippen molar-refractivity contribution in [3.8, 4) is 0 Å². The molecule has 1 N–H and O–H groups in total. The summed E-state index contributed by atoms with van der Waals surface area (Å²) in [7, 11) is 3.41. The Hall–Kier alpha value is -0.620. The van der Waals surface area contributed by atoms with Crippen LogP contribution in [-0.4, -0.2) is 45.6 Å². The number of rotatable bonds is 9. The van der Waals surface area contributed by atoms with E-state index in [1.54, 1.807) is 21.1 Å². The number of halogens is 1. The second-order valence-corrected chi connectivity index (χ2v) is 5.62. The molecule has 5 heteroatoms. The van der Waals surface area contributed by atoms with Crippen LogP contribution >= 0.6 is 15.9 Å². The fourth-order valence-electron chi connectivity index (χ4n) is 2.10. The first kappa shape index (κ1) is 17.4. The molecule has 114 valence electrons. The molecule has 0 fully saturated rings. The molecule has 1 aromatic rings. The quantitative estimate of drug-likeness (QED) is 0.698. The minimum Gasteiger partial charge on any atom is -0.389 e. The number of hydrogen-bond donors (Lipinski definition) is 1. The van der Waals surface area contributed by atoms with Gasteiger partial charge in [0.05, 0.1) is 12.7 Å². The van der Waals surface area contributed by atoms with Gasteiger partial charge in [0.15, 0.2) is 0 Å². The summed E-state index contributed by atoms with van der Waals surface area (Å²) in [4.78, 5) is 2.23. The van der Waals surface area contributed by atoms with Gasteiger partial charge < -0.3 is 19.5 Å². The Morgan fingerprint density at radius 1 is 1.20 bits per heavy atom. The van der Waals surface area contributed by atoms with E-state index in [4.69, 9.17) is 9.47 Å². The highest BCUT2D eigenvalue weighted by Gasteiger charge is 2.14. The molecule has 0 aromatic heterocycles. The first-order valence-electron chi connectivity index (χ1n) is 6.80. The van der Waals surface area contributed by atoms with Crippen LogP contribution in [0.3, 0.4) is 0 Å². The standard InChI is InChI=1S/C15H24BrNO3/c1-12(18)14-11-13(16)5-6-15(14)17(8-10-20-3)7-4-9-19-2/h5-6,11-12,18H,4,7-10H2,1-3H3. The molecule has 0 amide bonds. The molecular weight excluding hydrogens is 322 g/mol. The van der Waals surface area contributed by atoms with Gasteiger partial charge in [-0.05, 0) is 31.5 Å². The second kappa shape index (κ2) is 9.34. The van der Waals surface area contributed by atoms with Gasteiger partial charge in [-0.25, -0.2) is 0 Å². The second-order valence-electron chi connectivity index (χ2n) is 4.71. The monoisotopic (exact) mass is 345 g/mol. The van der Waals surface area contributed by atoms with Gasteiger partial charge in [-0.3, -0.25) is 0 Å². The first-order valence-corrected chi connectivity index (χ1v) is 7.59. The lowest BCUT2D eigenvalue weighted by molar-refractivity contribution is 0.189. The molecule has 0 aliphatic rings. The maximum Gasteiger partial charge on any atom is 0.0782 e. The Kier molecular flexibility index (Phi) is 8.14. The Bertz CT molecular complexity index is 399. The average Bonchev–Trinajstić information content (AvgIpc) is 2.43. The van der Waals surface area contributed by atoms with Gasteiger partial charge in [-0.1, -0.05) is 15.9 Å². The molecule has 0 saturated heterocycles. The predicted molar refractivity (Wildman–Crippen MR) is 85.4 cm³/mol. The van der Waals surface area contributed by atoms with Crippen molar-refractivity contribution in [2.75, 3.05) is 45.4 Å². The molecule has 0 bridgehead atoms. The van der Waals surface area contributed by atoms with E-state index >= 15 is 0 Å². The first-order chi connectivity index (χ1) is 9.60. The van der Waals surface area contributed by atoms with Crippen molar-refractivity contribution in [1.29, 1.82) is 0 Å². The van der Waals surface area contributed by atoms with E-state index < -0.39 is 6.10 Å². The Morgan fingerprint density at radius 2 is 1.90 bits per heavy atom.